The molecule has 0 radical (unpaired) electrons. The van der Waals surface area contributed by atoms with Crippen molar-refractivity contribution < 1.29 is 14.0 Å². The minimum atomic E-state index is -0.523. The minimum absolute atomic E-state index is 0.0204. The predicted molar refractivity (Wildman–Crippen MR) is 71.6 cm³/mol. The second-order valence-corrected chi connectivity index (χ2v) is 4.35. The zero-order valence-electron chi connectivity index (χ0n) is 10.7. The lowest BCUT2D eigenvalue weighted by molar-refractivity contribution is -0.129. The number of carbonyl (C=O) groups is 2. The van der Waals surface area contributed by atoms with E-state index in [1.54, 1.807) is 12.1 Å². The number of hydrogen-bond donors (Lipinski definition) is 3. The topological polar surface area (TPSA) is 82.6 Å². The summed E-state index contributed by atoms with van der Waals surface area (Å²) in [5.74, 6) is -0.882. The van der Waals surface area contributed by atoms with E-state index in [2.05, 4.69) is 21.2 Å². The molecule has 1 aliphatic heterocycles. The molecule has 0 aliphatic carbocycles. The van der Waals surface area contributed by atoms with Gasteiger partial charge in [-0.25, -0.2) is 9.82 Å². The summed E-state index contributed by atoms with van der Waals surface area (Å²) in [4.78, 5) is 23.0. The van der Waals surface area contributed by atoms with Gasteiger partial charge < -0.3 is 10.6 Å². The van der Waals surface area contributed by atoms with Crippen molar-refractivity contribution in [3.8, 4) is 0 Å². The van der Waals surface area contributed by atoms with Gasteiger partial charge in [-0.05, 0) is 17.7 Å². The number of hydrazone groups is 1. The van der Waals surface area contributed by atoms with E-state index in [0.717, 1.165) is 0 Å². The van der Waals surface area contributed by atoms with Crippen molar-refractivity contribution in [1.82, 2.24) is 16.1 Å². The van der Waals surface area contributed by atoms with E-state index >= 15 is 0 Å². The van der Waals surface area contributed by atoms with Crippen molar-refractivity contribution in [2.24, 2.45) is 5.10 Å². The molecule has 0 spiro atoms. The summed E-state index contributed by atoms with van der Waals surface area (Å²) in [6.45, 7) is 1.21. The monoisotopic (exact) mass is 278 g/mol. The first-order valence-corrected chi connectivity index (χ1v) is 6.24. The third-order valence-corrected chi connectivity index (χ3v) is 2.79. The maximum atomic E-state index is 12.7. The lowest BCUT2D eigenvalue weighted by atomic mass is 10.1. The summed E-state index contributed by atoms with van der Waals surface area (Å²) >= 11 is 0. The number of amides is 2. The Balaban J connectivity index is 1.79. The molecule has 0 saturated carbocycles. The van der Waals surface area contributed by atoms with E-state index in [1.807, 2.05) is 0 Å². The molecule has 1 heterocycles. The Hall–Kier alpha value is -2.28. The van der Waals surface area contributed by atoms with Gasteiger partial charge >= 0.3 is 0 Å². The second kappa shape index (κ2) is 6.76. The molecule has 7 heteroatoms. The molecule has 1 aromatic rings. The van der Waals surface area contributed by atoms with Crippen LogP contribution in [0.2, 0.25) is 0 Å². The average Bonchev–Trinajstić information content (AvgIpc) is 2.44. The average molecular weight is 278 g/mol. The summed E-state index contributed by atoms with van der Waals surface area (Å²) in [6.07, 6.45) is 1.43. The highest BCUT2D eigenvalue weighted by atomic mass is 19.1. The summed E-state index contributed by atoms with van der Waals surface area (Å²) < 4.78 is 12.7. The van der Waals surface area contributed by atoms with Crippen LogP contribution in [0.1, 0.15) is 12.0 Å². The van der Waals surface area contributed by atoms with Crippen LogP contribution in [0.5, 0.6) is 0 Å². The van der Waals surface area contributed by atoms with Crippen molar-refractivity contribution >= 4 is 18.0 Å². The van der Waals surface area contributed by atoms with Crippen LogP contribution >= 0.6 is 0 Å². The van der Waals surface area contributed by atoms with Crippen molar-refractivity contribution in [2.45, 2.75) is 12.5 Å². The first-order chi connectivity index (χ1) is 9.65. The minimum Gasteiger partial charge on any atom is -0.353 e. The number of nitrogens with one attached hydrogen (secondary N) is 3. The van der Waals surface area contributed by atoms with E-state index in [0.29, 0.717) is 18.7 Å². The molecule has 6 nitrogen and oxygen atoms in total. The highest BCUT2D eigenvalue weighted by Crippen LogP contribution is 2.00. The van der Waals surface area contributed by atoms with Crippen molar-refractivity contribution in [3.63, 3.8) is 0 Å². The van der Waals surface area contributed by atoms with Crippen LogP contribution in [0.25, 0.3) is 0 Å². The van der Waals surface area contributed by atoms with Gasteiger partial charge in [0.15, 0.2) is 0 Å². The first-order valence-electron chi connectivity index (χ1n) is 6.24. The van der Waals surface area contributed by atoms with E-state index in [-0.39, 0.29) is 24.1 Å². The first kappa shape index (κ1) is 14.1. The van der Waals surface area contributed by atoms with Crippen LogP contribution in [0.3, 0.4) is 0 Å². The largest absolute Gasteiger partial charge is 0.353 e. The standard InChI is InChI=1S/C13H15FN4O2/c14-10-3-1-9(2-4-10)8-17-18-12(19)7-11-13(20)16-6-5-15-11/h1-4,8,11,15H,5-7H2,(H,16,20)(H,18,19)/b17-8+. The predicted octanol–water partition coefficient (Wildman–Crippen LogP) is -0.246. The molecular weight excluding hydrogens is 263 g/mol. The number of benzene rings is 1. The lowest BCUT2D eigenvalue weighted by Crippen LogP contribution is -2.54. The van der Waals surface area contributed by atoms with E-state index in [1.165, 1.54) is 18.3 Å². The molecule has 1 aromatic carbocycles. The summed E-state index contributed by atoms with van der Waals surface area (Å²) in [7, 11) is 0. The molecule has 1 saturated heterocycles. The maximum Gasteiger partial charge on any atom is 0.242 e. The molecule has 0 aromatic heterocycles. The van der Waals surface area contributed by atoms with E-state index in [9.17, 15) is 14.0 Å². The Bertz CT molecular complexity index is 516. The number of halogens is 1. The van der Waals surface area contributed by atoms with Crippen molar-refractivity contribution in [1.29, 1.82) is 0 Å². The van der Waals surface area contributed by atoms with Gasteiger partial charge in [-0.1, -0.05) is 12.1 Å². The van der Waals surface area contributed by atoms with Gasteiger partial charge in [0, 0.05) is 13.1 Å². The van der Waals surface area contributed by atoms with Crippen molar-refractivity contribution in [2.75, 3.05) is 13.1 Å². The normalized spacial score (nSPS) is 18.9. The summed E-state index contributed by atoms with van der Waals surface area (Å²) in [6, 6.07) is 5.17. The van der Waals surface area contributed by atoms with Gasteiger partial charge in [-0.3, -0.25) is 9.59 Å². The maximum absolute atomic E-state index is 12.7. The number of hydrogen-bond acceptors (Lipinski definition) is 4. The second-order valence-electron chi connectivity index (χ2n) is 4.35. The smallest absolute Gasteiger partial charge is 0.242 e. The molecule has 3 N–H and O–H groups in total. The van der Waals surface area contributed by atoms with Crippen LogP contribution in [0.15, 0.2) is 29.4 Å². The zero-order chi connectivity index (χ0) is 14.4. The van der Waals surface area contributed by atoms with Gasteiger partial charge in [0.05, 0.1) is 18.7 Å². The Morgan fingerprint density at radius 1 is 1.40 bits per heavy atom. The number of nitrogens with zero attached hydrogens (tertiary/aromatic N) is 1. The molecule has 1 aliphatic rings. The van der Waals surface area contributed by atoms with Crippen LogP contribution in [0, 0.1) is 5.82 Å². The molecule has 1 unspecified atom stereocenters. The summed E-state index contributed by atoms with van der Waals surface area (Å²) in [5, 5.41) is 9.37. The number of carbonyl (C=O) groups excluding carboxylic acids is 2. The molecule has 2 rings (SSSR count). The molecular formula is C13H15FN4O2. The van der Waals surface area contributed by atoms with Crippen LogP contribution < -0.4 is 16.1 Å². The Morgan fingerprint density at radius 2 is 2.15 bits per heavy atom. The Kier molecular flexibility index (Phi) is 4.78. The highest BCUT2D eigenvalue weighted by molar-refractivity contribution is 5.89. The summed E-state index contributed by atoms with van der Waals surface area (Å²) in [5.41, 5.74) is 3.00. The molecule has 2 amide bonds. The molecule has 1 atom stereocenters. The fourth-order valence-corrected chi connectivity index (χ4v) is 1.77. The van der Waals surface area contributed by atoms with Crippen LogP contribution in [-0.4, -0.2) is 37.2 Å². The number of rotatable bonds is 4. The zero-order valence-corrected chi connectivity index (χ0v) is 10.7. The van der Waals surface area contributed by atoms with E-state index < -0.39 is 6.04 Å². The van der Waals surface area contributed by atoms with Gasteiger partial charge in [-0.15, -0.1) is 0 Å². The SMILES string of the molecule is O=C(CC1NCCNC1=O)N/N=C/c1ccc(F)cc1. The van der Waals surface area contributed by atoms with E-state index in [4.69, 9.17) is 0 Å². The lowest BCUT2D eigenvalue weighted by Gasteiger charge is -2.22. The quantitative estimate of drug-likeness (QED) is 0.525. The highest BCUT2D eigenvalue weighted by Gasteiger charge is 2.23. The third-order valence-electron chi connectivity index (χ3n) is 2.79. The molecule has 106 valence electrons. The van der Waals surface area contributed by atoms with Crippen LogP contribution in [-0.2, 0) is 9.59 Å². The van der Waals surface area contributed by atoms with Crippen LogP contribution in [0.4, 0.5) is 4.39 Å². The fourth-order valence-electron chi connectivity index (χ4n) is 1.77. The van der Waals surface area contributed by atoms with Gasteiger partial charge in [0.25, 0.3) is 0 Å². The number of piperazine rings is 1. The van der Waals surface area contributed by atoms with Crippen molar-refractivity contribution in [3.05, 3.63) is 35.6 Å². The molecule has 1 fully saturated rings. The molecule has 0 bridgehead atoms. The Labute approximate surface area is 115 Å². The van der Waals surface area contributed by atoms with Gasteiger partial charge in [0.1, 0.15) is 5.82 Å². The van der Waals surface area contributed by atoms with Gasteiger partial charge in [-0.2, -0.15) is 5.10 Å². The molecule has 20 heavy (non-hydrogen) atoms. The third kappa shape index (κ3) is 4.13. The Morgan fingerprint density at radius 3 is 2.85 bits per heavy atom. The van der Waals surface area contributed by atoms with Gasteiger partial charge in [0.2, 0.25) is 11.8 Å². The fraction of sp³-hybridized carbons (Fsp3) is 0.308.